The molecule has 2 N–H and O–H groups in total. The van der Waals surface area contributed by atoms with Crippen LogP contribution in [0.5, 0.6) is 0 Å². The van der Waals surface area contributed by atoms with E-state index in [9.17, 15) is 5.11 Å². The number of rotatable bonds is 9. The summed E-state index contributed by atoms with van der Waals surface area (Å²) in [5, 5.41) is 12.3. The lowest BCUT2D eigenvalue weighted by molar-refractivity contribution is 0.301. The molecule has 0 radical (unpaired) electrons. The number of hydrogen-bond donors (Lipinski definition) is 2. The van der Waals surface area contributed by atoms with Crippen molar-refractivity contribution in [2.24, 2.45) is 0 Å². The fourth-order valence-corrected chi connectivity index (χ4v) is 1.71. The predicted octanol–water partition coefficient (Wildman–Crippen LogP) is 0.968. The van der Waals surface area contributed by atoms with Crippen LogP contribution in [0, 0.1) is 0 Å². The van der Waals surface area contributed by atoms with Crippen molar-refractivity contribution in [2.45, 2.75) is 26.7 Å². The molecule has 0 atom stereocenters. The number of anilines is 3. The third kappa shape index (κ3) is 4.80. The molecule has 0 fully saturated rings. The minimum Gasteiger partial charge on any atom is -0.395 e. The second kappa shape index (κ2) is 8.52. The van der Waals surface area contributed by atoms with Crippen molar-refractivity contribution < 1.29 is 5.11 Å². The summed E-state index contributed by atoms with van der Waals surface area (Å²) in [6.45, 7) is 6.34. The Morgan fingerprint density at radius 3 is 2.30 bits per heavy atom. The van der Waals surface area contributed by atoms with Gasteiger partial charge in [-0.05, 0) is 13.3 Å². The lowest BCUT2D eigenvalue weighted by atomic mass is 10.3. The monoisotopic (exact) mass is 282 g/mol. The molecule has 0 bridgehead atoms. The molecule has 114 valence electrons. The van der Waals surface area contributed by atoms with E-state index in [1.807, 2.05) is 30.8 Å². The van der Waals surface area contributed by atoms with E-state index in [4.69, 9.17) is 0 Å². The quantitative estimate of drug-likeness (QED) is 0.698. The molecule has 0 aliphatic rings. The van der Waals surface area contributed by atoms with Crippen LogP contribution < -0.4 is 15.1 Å². The molecule has 7 nitrogen and oxygen atoms in total. The number of aliphatic hydroxyl groups excluding tert-OH is 1. The van der Waals surface area contributed by atoms with Gasteiger partial charge >= 0.3 is 0 Å². The van der Waals surface area contributed by atoms with Gasteiger partial charge in [0.2, 0.25) is 17.8 Å². The summed E-state index contributed by atoms with van der Waals surface area (Å²) in [6, 6.07) is 0. The van der Waals surface area contributed by atoms with E-state index >= 15 is 0 Å². The van der Waals surface area contributed by atoms with Gasteiger partial charge in [0.15, 0.2) is 0 Å². The van der Waals surface area contributed by atoms with Crippen molar-refractivity contribution in [3.05, 3.63) is 0 Å². The Kier molecular flexibility index (Phi) is 7.00. The second-order valence-electron chi connectivity index (χ2n) is 4.75. The molecule has 1 heterocycles. The molecule has 0 spiro atoms. The lowest BCUT2D eigenvalue weighted by Crippen LogP contribution is -2.30. The zero-order valence-electron chi connectivity index (χ0n) is 12.9. The van der Waals surface area contributed by atoms with Gasteiger partial charge in [-0.3, -0.25) is 0 Å². The van der Waals surface area contributed by atoms with Gasteiger partial charge in [0.25, 0.3) is 0 Å². The van der Waals surface area contributed by atoms with Crippen LogP contribution in [0.2, 0.25) is 0 Å². The predicted molar refractivity (Wildman–Crippen MR) is 82.5 cm³/mol. The first-order valence-electron chi connectivity index (χ1n) is 7.15. The smallest absolute Gasteiger partial charge is 0.232 e. The van der Waals surface area contributed by atoms with E-state index in [1.54, 1.807) is 0 Å². The highest BCUT2D eigenvalue weighted by Gasteiger charge is 2.13. The number of hydrogen-bond acceptors (Lipinski definition) is 7. The van der Waals surface area contributed by atoms with Crippen LogP contribution in [-0.2, 0) is 0 Å². The molecule has 1 aromatic rings. The summed E-state index contributed by atoms with van der Waals surface area (Å²) >= 11 is 0. The first-order valence-corrected chi connectivity index (χ1v) is 7.15. The van der Waals surface area contributed by atoms with Gasteiger partial charge in [0.1, 0.15) is 0 Å². The number of unbranched alkanes of at least 4 members (excludes halogenated alkanes) is 1. The Bertz CT molecular complexity index is 398. The van der Waals surface area contributed by atoms with Gasteiger partial charge in [0, 0.05) is 33.7 Å². The molecule has 0 aliphatic carbocycles. The van der Waals surface area contributed by atoms with Gasteiger partial charge in [-0.1, -0.05) is 13.3 Å². The molecular weight excluding hydrogens is 256 g/mol. The Hall–Kier alpha value is -1.63. The fraction of sp³-hybridized carbons (Fsp3) is 0.769. The van der Waals surface area contributed by atoms with Crippen molar-refractivity contribution in [3.63, 3.8) is 0 Å². The fourth-order valence-electron chi connectivity index (χ4n) is 1.71. The SMILES string of the molecule is CCCCN(CCO)c1nc(NCC)nc(N(C)C)n1. The summed E-state index contributed by atoms with van der Waals surface area (Å²) in [4.78, 5) is 17.1. The summed E-state index contributed by atoms with van der Waals surface area (Å²) in [5.74, 6) is 1.80. The van der Waals surface area contributed by atoms with Crippen LogP contribution in [0.3, 0.4) is 0 Å². The molecule has 0 unspecified atom stereocenters. The third-order valence-corrected chi connectivity index (χ3v) is 2.78. The van der Waals surface area contributed by atoms with Crippen LogP contribution in [-0.4, -0.2) is 60.4 Å². The van der Waals surface area contributed by atoms with Crippen molar-refractivity contribution in [1.29, 1.82) is 0 Å². The van der Waals surface area contributed by atoms with Crippen LogP contribution >= 0.6 is 0 Å². The maximum absolute atomic E-state index is 9.21. The maximum Gasteiger partial charge on any atom is 0.232 e. The Balaban J connectivity index is 3.04. The minimum absolute atomic E-state index is 0.0865. The minimum atomic E-state index is 0.0865. The maximum atomic E-state index is 9.21. The van der Waals surface area contributed by atoms with E-state index in [0.717, 1.165) is 25.9 Å². The van der Waals surface area contributed by atoms with Gasteiger partial charge in [-0.2, -0.15) is 15.0 Å². The molecule has 0 saturated heterocycles. The van der Waals surface area contributed by atoms with Crippen molar-refractivity contribution in [2.75, 3.05) is 55.5 Å². The lowest BCUT2D eigenvalue weighted by Gasteiger charge is -2.23. The Morgan fingerprint density at radius 1 is 1.05 bits per heavy atom. The molecule has 1 aromatic heterocycles. The van der Waals surface area contributed by atoms with Gasteiger partial charge in [-0.25, -0.2) is 0 Å². The number of aromatic nitrogens is 3. The molecular formula is C13H26N6O. The Morgan fingerprint density at radius 2 is 1.75 bits per heavy atom. The average molecular weight is 282 g/mol. The molecule has 0 saturated carbocycles. The molecule has 0 amide bonds. The zero-order chi connectivity index (χ0) is 15.0. The summed E-state index contributed by atoms with van der Waals surface area (Å²) in [6.07, 6.45) is 2.13. The highest BCUT2D eigenvalue weighted by molar-refractivity contribution is 5.44. The van der Waals surface area contributed by atoms with E-state index in [2.05, 4.69) is 27.2 Å². The zero-order valence-corrected chi connectivity index (χ0v) is 12.9. The van der Waals surface area contributed by atoms with E-state index in [-0.39, 0.29) is 6.61 Å². The molecule has 20 heavy (non-hydrogen) atoms. The standard InChI is InChI=1S/C13H26N6O/c1-5-7-8-19(9-10-20)13-16-11(14-6-2)15-12(17-13)18(3)4/h20H,5-10H2,1-4H3,(H,14,15,16,17). The van der Waals surface area contributed by atoms with Crippen molar-refractivity contribution in [3.8, 4) is 0 Å². The summed E-state index contributed by atoms with van der Waals surface area (Å²) < 4.78 is 0. The highest BCUT2D eigenvalue weighted by Crippen LogP contribution is 2.15. The normalized spacial score (nSPS) is 10.4. The van der Waals surface area contributed by atoms with Gasteiger partial charge < -0.3 is 20.2 Å². The van der Waals surface area contributed by atoms with Crippen LogP contribution in [0.25, 0.3) is 0 Å². The van der Waals surface area contributed by atoms with Crippen molar-refractivity contribution >= 4 is 17.8 Å². The first-order chi connectivity index (χ1) is 9.62. The van der Waals surface area contributed by atoms with Gasteiger partial charge in [-0.15, -0.1) is 0 Å². The topological polar surface area (TPSA) is 77.4 Å². The molecule has 0 aromatic carbocycles. The van der Waals surface area contributed by atoms with Crippen molar-refractivity contribution in [1.82, 2.24) is 15.0 Å². The number of nitrogens with zero attached hydrogens (tertiary/aromatic N) is 5. The van der Waals surface area contributed by atoms with Crippen LogP contribution in [0.4, 0.5) is 17.8 Å². The number of nitrogens with one attached hydrogen (secondary N) is 1. The highest BCUT2D eigenvalue weighted by atomic mass is 16.3. The largest absolute Gasteiger partial charge is 0.395 e. The first kappa shape index (κ1) is 16.4. The summed E-state index contributed by atoms with van der Waals surface area (Å²) in [5.41, 5.74) is 0. The average Bonchev–Trinajstić information content (AvgIpc) is 2.43. The van der Waals surface area contributed by atoms with Crippen LogP contribution in [0.1, 0.15) is 26.7 Å². The van der Waals surface area contributed by atoms with Crippen LogP contribution in [0.15, 0.2) is 0 Å². The van der Waals surface area contributed by atoms with Gasteiger partial charge in [0.05, 0.1) is 6.61 Å². The Labute approximate surface area is 121 Å². The molecule has 1 rings (SSSR count). The summed E-state index contributed by atoms with van der Waals surface area (Å²) in [7, 11) is 3.80. The number of aliphatic hydroxyl groups is 1. The third-order valence-electron chi connectivity index (χ3n) is 2.78. The molecule has 7 heteroatoms. The van der Waals surface area contributed by atoms with E-state index in [1.165, 1.54) is 0 Å². The molecule has 0 aliphatic heterocycles. The van der Waals surface area contributed by atoms with E-state index < -0.39 is 0 Å². The van der Waals surface area contributed by atoms with E-state index in [0.29, 0.717) is 24.4 Å². The second-order valence-corrected chi connectivity index (χ2v) is 4.75.